The van der Waals surface area contributed by atoms with Crippen molar-refractivity contribution in [1.29, 1.82) is 0 Å². The molecule has 1 aliphatic heterocycles. The van der Waals surface area contributed by atoms with Crippen molar-refractivity contribution in [3.8, 4) is 0 Å². The van der Waals surface area contributed by atoms with Gasteiger partial charge in [0.05, 0.1) is 6.20 Å². The molecule has 0 spiro atoms. The second-order valence-corrected chi connectivity index (χ2v) is 6.98. The maximum atomic E-state index is 4.71. The summed E-state index contributed by atoms with van der Waals surface area (Å²) in [6.45, 7) is 3.11. The first-order valence-corrected chi connectivity index (χ1v) is 9.30. The summed E-state index contributed by atoms with van der Waals surface area (Å²) in [6.07, 6.45) is 11.4. The van der Waals surface area contributed by atoms with Crippen LogP contribution >= 0.6 is 0 Å². The molecule has 25 heavy (non-hydrogen) atoms. The van der Waals surface area contributed by atoms with E-state index in [0.717, 1.165) is 25.2 Å². The van der Waals surface area contributed by atoms with E-state index in [1.807, 2.05) is 0 Å². The molecule has 0 bridgehead atoms. The Balaban J connectivity index is 1.45. The molecule has 5 nitrogen and oxygen atoms in total. The number of hydrogen-bond acceptors (Lipinski definition) is 5. The monoisotopic (exact) mass is 335 g/mol. The smallest absolute Gasteiger partial charge is 0.252 e. The molecule has 2 heterocycles. The van der Waals surface area contributed by atoms with E-state index in [-0.39, 0.29) is 0 Å². The summed E-state index contributed by atoms with van der Waals surface area (Å²) in [4.78, 5) is 6.90. The number of hydrogen-bond donors (Lipinski definition) is 1. The fourth-order valence-electron chi connectivity index (χ4n) is 3.83. The molecule has 1 aromatic heterocycles. The molecule has 0 fully saturated rings. The SMILES string of the molecule is CC1Cc2ccccc2N1c1nncc(NCCC2=CCCCC2)n1. The van der Waals surface area contributed by atoms with Gasteiger partial charge in [-0.15, -0.1) is 5.10 Å². The first-order valence-electron chi connectivity index (χ1n) is 9.30. The number of fused-ring (bicyclic) bond motifs is 1. The average Bonchev–Trinajstić information content (AvgIpc) is 2.98. The number of nitrogens with zero attached hydrogens (tertiary/aromatic N) is 4. The lowest BCUT2D eigenvalue weighted by Gasteiger charge is -2.22. The van der Waals surface area contributed by atoms with Gasteiger partial charge in [0.2, 0.25) is 0 Å². The summed E-state index contributed by atoms with van der Waals surface area (Å²) in [6, 6.07) is 8.82. The van der Waals surface area contributed by atoms with Crippen molar-refractivity contribution in [3.05, 3.63) is 47.7 Å². The van der Waals surface area contributed by atoms with Gasteiger partial charge in [-0.1, -0.05) is 29.8 Å². The Hall–Kier alpha value is -2.43. The Morgan fingerprint density at radius 3 is 3.04 bits per heavy atom. The lowest BCUT2D eigenvalue weighted by molar-refractivity contribution is 0.679. The third-order valence-electron chi connectivity index (χ3n) is 5.11. The Morgan fingerprint density at radius 1 is 1.24 bits per heavy atom. The molecule has 1 atom stereocenters. The molecule has 0 saturated heterocycles. The van der Waals surface area contributed by atoms with Crippen molar-refractivity contribution < 1.29 is 0 Å². The van der Waals surface area contributed by atoms with Gasteiger partial charge >= 0.3 is 0 Å². The fraction of sp³-hybridized carbons (Fsp3) is 0.450. The number of para-hydroxylation sites is 1. The second kappa shape index (κ2) is 7.21. The van der Waals surface area contributed by atoms with E-state index < -0.39 is 0 Å². The Kier molecular flexibility index (Phi) is 4.63. The van der Waals surface area contributed by atoms with Gasteiger partial charge in [-0.2, -0.15) is 10.1 Å². The Labute approximate surface area is 149 Å². The van der Waals surface area contributed by atoms with E-state index in [9.17, 15) is 0 Å². The molecule has 0 amide bonds. The summed E-state index contributed by atoms with van der Waals surface area (Å²) in [5.41, 5.74) is 4.12. The average molecular weight is 335 g/mol. The number of anilines is 3. The minimum absolute atomic E-state index is 0.349. The van der Waals surface area contributed by atoms with Gasteiger partial charge in [-0.3, -0.25) is 0 Å². The zero-order valence-corrected chi connectivity index (χ0v) is 14.8. The fourth-order valence-corrected chi connectivity index (χ4v) is 3.83. The largest absolute Gasteiger partial charge is 0.368 e. The zero-order valence-electron chi connectivity index (χ0n) is 14.8. The van der Waals surface area contributed by atoms with E-state index in [2.05, 4.69) is 57.7 Å². The maximum Gasteiger partial charge on any atom is 0.252 e. The Morgan fingerprint density at radius 2 is 2.16 bits per heavy atom. The zero-order chi connectivity index (χ0) is 17.1. The highest BCUT2D eigenvalue weighted by Crippen LogP contribution is 2.36. The molecule has 1 aromatic carbocycles. The standard InChI is InChI=1S/C20H25N5/c1-15-13-17-9-5-6-10-18(17)25(15)20-23-19(14-22-24-20)21-12-11-16-7-3-2-4-8-16/h5-7,9-10,14-15H,2-4,8,11-13H2,1H3,(H,21,23,24). The molecule has 1 aliphatic carbocycles. The summed E-state index contributed by atoms with van der Waals surface area (Å²) < 4.78 is 0. The van der Waals surface area contributed by atoms with Crippen molar-refractivity contribution in [2.75, 3.05) is 16.8 Å². The molecular formula is C20H25N5. The van der Waals surface area contributed by atoms with Gasteiger partial charge in [0.25, 0.3) is 5.95 Å². The normalized spacial score (nSPS) is 19.5. The van der Waals surface area contributed by atoms with Gasteiger partial charge in [0.15, 0.2) is 5.82 Å². The van der Waals surface area contributed by atoms with E-state index in [1.54, 1.807) is 11.8 Å². The van der Waals surface area contributed by atoms with Crippen molar-refractivity contribution >= 4 is 17.5 Å². The van der Waals surface area contributed by atoms with Crippen molar-refractivity contribution in [1.82, 2.24) is 15.2 Å². The lowest BCUT2D eigenvalue weighted by atomic mass is 9.97. The van der Waals surface area contributed by atoms with Crippen LogP contribution in [0.25, 0.3) is 0 Å². The predicted octanol–water partition coefficient (Wildman–Crippen LogP) is 4.26. The topological polar surface area (TPSA) is 53.9 Å². The minimum atomic E-state index is 0.349. The summed E-state index contributed by atoms with van der Waals surface area (Å²) in [5, 5.41) is 11.9. The highest BCUT2D eigenvalue weighted by molar-refractivity contribution is 5.67. The van der Waals surface area contributed by atoms with E-state index >= 15 is 0 Å². The van der Waals surface area contributed by atoms with Crippen molar-refractivity contribution in [3.63, 3.8) is 0 Å². The first kappa shape index (κ1) is 16.1. The molecule has 1 N–H and O–H groups in total. The van der Waals surface area contributed by atoms with E-state index in [0.29, 0.717) is 12.0 Å². The van der Waals surface area contributed by atoms with Crippen LogP contribution in [-0.2, 0) is 6.42 Å². The molecule has 0 radical (unpaired) electrons. The summed E-state index contributed by atoms with van der Waals surface area (Å²) in [5.74, 6) is 1.48. The molecule has 0 saturated carbocycles. The van der Waals surface area contributed by atoms with Crippen LogP contribution < -0.4 is 10.2 Å². The molecule has 2 aliphatic rings. The summed E-state index contributed by atoms with van der Waals surface area (Å²) >= 11 is 0. The van der Waals surface area contributed by atoms with Gasteiger partial charge in [0, 0.05) is 18.3 Å². The number of nitrogens with one attached hydrogen (secondary N) is 1. The van der Waals surface area contributed by atoms with Crippen molar-refractivity contribution in [2.24, 2.45) is 0 Å². The molecule has 5 heteroatoms. The minimum Gasteiger partial charge on any atom is -0.368 e. The van der Waals surface area contributed by atoms with Crippen LogP contribution in [0.2, 0.25) is 0 Å². The van der Waals surface area contributed by atoms with Crippen LogP contribution in [0.1, 0.15) is 44.6 Å². The van der Waals surface area contributed by atoms with E-state index in [1.165, 1.54) is 36.9 Å². The van der Waals surface area contributed by atoms with Crippen LogP contribution in [0.4, 0.5) is 17.5 Å². The van der Waals surface area contributed by atoms with Gasteiger partial charge in [-0.05, 0) is 57.1 Å². The first-order chi connectivity index (χ1) is 12.3. The second-order valence-electron chi connectivity index (χ2n) is 6.98. The van der Waals surface area contributed by atoms with Gasteiger partial charge < -0.3 is 10.2 Å². The van der Waals surface area contributed by atoms with Crippen molar-refractivity contribution in [2.45, 2.75) is 51.5 Å². The molecule has 130 valence electrons. The van der Waals surface area contributed by atoms with Crippen LogP contribution in [0, 0.1) is 0 Å². The van der Waals surface area contributed by atoms with Crippen LogP contribution in [0.15, 0.2) is 42.1 Å². The molecular weight excluding hydrogens is 310 g/mol. The van der Waals surface area contributed by atoms with Crippen LogP contribution in [-0.4, -0.2) is 27.8 Å². The quantitative estimate of drug-likeness (QED) is 0.828. The highest BCUT2D eigenvalue weighted by Gasteiger charge is 2.29. The molecule has 1 unspecified atom stereocenters. The highest BCUT2D eigenvalue weighted by atomic mass is 15.4. The molecule has 4 rings (SSSR count). The number of allylic oxidation sites excluding steroid dienone is 1. The molecule has 2 aromatic rings. The number of aromatic nitrogens is 3. The maximum absolute atomic E-state index is 4.71. The number of rotatable bonds is 5. The van der Waals surface area contributed by atoms with Gasteiger partial charge in [0.1, 0.15) is 0 Å². The third-order valence-corrected chi connectivity index (χ3v) is 5.11. The van der Waals surface area contributed by atoms with E-state index in [4.69, 9.17) is 4.98 Å². The number of benzene rings is 1. The third kappa shape index (κ3) is 3.50. The lowest BCUT2D eigenvalue weighted by Crippen LogP contribution is -2.26. The van der Waals surface area contributed by atoms with Gasteiger partial charge in [-0.25, -0.2) is 0 Å². The van der Waals surface area contributed by atoms with Crippen LogP contribution in [0.5, 0.6) is 0 Å². The summed E-state index contributed by atoms with van der Waals surface area (Å²) in [7, 11) is 0. The van der Waals surface area contributed by atoms with Crippen LogP contribution in [0.3, 0.4) is 0 Å². The Bertz CT molecular complexity index is 770. The predicted molar refractivity (Wildman–Crippen MR) is 101 cm³/mol.